The van der Waals surface area contributed by atoms with E-state index in [4.69, 9.17) is 0 Å². The molecule has 2 aromatic heterocycles. The highest BCUT2D eigenvalue weighted by Gasteiger charge is 2.20. The summed E-state index contributed by atoms with van der Waals surface area (Å²) in [6.45, 7) is 1.78. The molecular weight excluding hydrogens is 342 g/mol. The molecule has 1 aliphatic carbocycles. The van der Waals surface area contributed by atoms with Gasteiger partial charge in [-0.2, -0.15) is 0 Å². The van der Waals surface area contributed by atoms with Gasteiger partial charge in [-0.1, -0.05) is 0 Å². The van der Waals surface area contributed by atoms with Crippen LogP contribution in [0.1, 0.15) is 36.6 Å². The Bertz CT molecular complexity index is 871. The molecule has 0 bridgehead atoms. The number of carbonyl (C=O) groups excluding carboxylic acids is 2. The topological polar surface area (TPSA) is 90.3 Å². The summed E-state index contributed by atoms with van der Waals surface area (Å²) in [4.78, 5) is 42.5. The van der Waals surface area contributed by atoms with E-state index in [1.54, 1.807) is 18.3 Å². The van der Waals surface area contributed by atoms with Gasteiger partial charge in [-0.05, 0) is 38.2 Å². The van der Waals surface area contributed by atoms with Crippen LogP contribution in [0.15, 0.2) is 11.1 Å². The molecule has 0 aliphatic heterocycles. The molecule has 0 saturated carbocycles. The Balaban J connectivity index is 1.74. The van der Waals surface area contributed by atoms with Gasteiger partial charge in [0.1, 0.15) is 10.9 Å². The molecular formula is C17H21N3O4S. The number of rotatable bonds is 5. The molecule has 1 amide bonds. The number of esters is 1. The average molecular weight is 363 g/mol. The van der Waals surface area contributed by atoms with Gasteiger partial charge in [0.15, 0.2) is 0 Å². The van der Waals surface area contributed by atoms with Crippen molar-refractivity contribution in [1.82, 2.24) is 14.9 Å². The third-order valence-corrected chi connectivity index (χ3v) is 5.65. The minimum atomic E-state index is -0.710. The Morgan fingerprint density at radius 3 is 2.92 bits per heavy atom. The van der Waals surface area contributed by atoms with Gasteiger partial charge in [0.25, 0.3) is 5.56 Å². The normalized spacial score (nSPS) is 14.8. The maximum Gasteiger partial charge on any atom is 0.328 e. The number of ether oxygens (including phenoxy) is 1. The number of aromatic nitrogens is 2. The zero-order valence-corrected chi connectivity index (χ0v) is 15.1. The van der Waals surface area contributed by atoms with Crippen molar-refractivity contribution in [1.29, 1.82) is 0 Å². The minimum Gasteiger partial charge on any atom is -0.467 e. The molecule has 8 heteroatoms. The molecule has 0 radical (unpaired) electrons. The van der Waals surface area contributed by atoms with E-state index in [0.29, 0.717) is 5.39 Å². The zero-order valence-electron chi connectivity index (χ0n) is 14.3. The van der Waals surface area contributed by atoms with Crippen molar-refractivity contribution < 1.29 is 14.3 Å². The van der Waals surface area contributed by atoms with E-state index < -0.39 is 12.0 Å². The van der Waals surface area contributed by atoms with Crippen LogP contribution in [0.4, 0.5) is 0 Å². The molecule has 0 spiro atoms. The number of amides is 1. The first-order valence-electron chi connectivity index (χ1n) is 8.38. The van der Waals surface area contributed by atoms with Crippen molar-refractivity contribution in [2.24, 2.45) is 0 Å². The number of methoxy groups -OCH3 is 1. The molecule has 0 fully saturated rings. The average Bonchev–Trinajstić information content (AvgIpc) is 2.99. The first-order valence-corrected chi connectivity index (χ1v) is 9.19. The fourth-order valence-corrected chi connectivity index (χ4v) is 4.33. The van der Waals surface area contributed by atoms with E-state index in [2.05, 4.69) is 15.0 Å². The lowest BCUT2D eigenvalue weighted by molar-refractivity contribution is -0.144. The van der Waals surface area contributed by atoms with E-state index in [0.717, 1.165) is 36.1 Å². The van der Waals surface area contributed by atoms with Gasteiger partial charge in [0, 0.05) is 17.8 Å². The number of nitrogens with zero attached hydrogens (tertiary/aromatic N) is 2. The SMILES string of the molecule is COC(=O)C(C)NC(=O)CCn1cnc2sc3c(c2c1=O)CCCC3. The van der Waals surface area contributed by atoms with E-state index >= 15 is 0 Å². The predicted octanol–water partition coefficient (Wildman–Crippen LogP) is 1.40. The van der Waals surface area contributed by atoms with Crippen LogP contribution in [0.5, 0.6) is 0 Å². The summed E-state index contributed by atoms with van der Waals surface area (Å²) < 4.78 is 6.05. The Kier molecular flexibility index (Phi) is 5.17. The summed E-state index contributed by atoms with van der Waals surface area (Å²) in [5.41, 5.74) is 1.06. The lowest BCUT2D eigenvalue weighted by Crippen LogP contribution is -2.39. The van der Waals surface area contributed by atoms with Crippen molar-refractivity contribution >= 4 is 33.4 Å². The molecule has 25 heavy (non-hydrogen) atoms. The molecule has 0 saturated heterocycles. The van der Waals surface area contributed by atoms with Crippen LogP contribution in [-0.4, -0.2) is 34.6 Å². The van der Waals surface area contributed by atoms with E-state index in [9.17, 15) is 14.4 Å². The van der Waals surface area contributed by atoms with E-state index in [1.165, 1.54) is 22.9 Å². The quantitative estimate of drug-likeness (QED) is 0.811. The van der Waals surface area contributed by atoms with Crippen LogP contribution in [-0.2, 0) is 33.7 Å². The van der Waals surface area contributed by atoms with Crippen molar-refractivity contribution in [2.75, 3.05) is 7.11 Å². The number of nitrogens with one attached hydrogen (secondary N) is 1. The van der Waals surface area contributed by atoms with Gasteiger partial charge in [0.05, 0.1) is 18.8 Å². The number of fused-ring (bicyclic) bond motifs is 3. The summed E-state index contributed by atoms with van der Waals surface area (Å²) in [5, 5.41) is 3.27. The van der Waals surface area contributed by atoms with Crippen LogP contribution in [0.2, 0.25) is 0 Å². The van der Waals surface area contributed by atoms with Gasteiger partial charge in [-0.15, -0.1) is 11.3 Å². The third kappa shape index (κ3) is 3.58. The lowest BCUT2D eigenvalue weighted by Gasteiger charge is -2.12. The standard InChI is InChI=1S/C17H21N3O4S/c1-10(17(23)24-2)19-13(21)7-8-20-9-18-15-14(16(20)22)11-5-3-4-6-12(11)25-15/h9-10H,3-8H2,1-2H3,(H,19,21). The van der Waals surface area contributed by atoms with Gasteiger partial charge < -0.3 is 10.1 Å². The largest absolute Gasteiger partial charge is 0.467 e. The Labute approximate surface area is 149 Å². The Morgan fingerprint density at radius 2 is 2.16 bits per heavy atom. The van der Waals surface area contributed by atoms with E-state index in [1.807, 2.05) is 0 Å². The van der Waals surface area contributed by atoms with Crippen LogP contribution in [0.25, 0.3) is 10.2 Å². The van der Waals surface area contributed by atoms with Gasteiger partial charge in [0.2, 0.25) is 5.91 Å². The van der Waals surface area contributed by atoms with Crippen LogP contribution in [0, 0.1) is 0 Å². The number of hydrogen-bond donors (Lipinski definition) is 1. The fraction of sp³-hybridized carbons (Fsp3) is 0.529. The van der Waals surface area contributed by atoms with Crippen molar-refractivity contribution in [3.05, 3.63) is 27.1 Å². The molecule has 2 heterocycles. The summed E-state index contributed by atoms with van der Waals surface area (Å²) >= 11 is 1.61. The van der Waals surface area contributed by atoms with Crippen molar-refractivity contribution in [3.8, 4) is 0 Å². The number of hydrogen-bond acceptors (Lipinski definition) is 6. The number of aryl methyl sites for hydroxylation is 3. The van der Waals surface area contributed by atoms with Gasteiger partial charge in [-0.25, -0.2) is 9.78 Å². The summed E-state index contributed by atoms with van der Waals surface area (Å²) in [5.74, 6) is -0.809. The first kappa shape index (κ1) is 17.6. The Hall–Kier alpha value is -2.22. The molecule has 134 valence electrons. The molecule has 1 unspecified atom stereocenters. The molecule has 3 rings (SSSR count). The summed E-state index contributed by atoms with van der Waals surface area (Å²) in [6.07, 6.45) is 5.80. The van der Waals surface area contributed by atoms with Crippen LogP contribution < -0.4 is 10.9 Å². The monoisotopic (exact) mass is 363 g/mol. The fourth-order valence-electron chi connectivity index (χ4n) is 3.11. The number of thiophene rings is 1. The first-order chi connectivity index (χ1) is 12.0. The molecule has 7 nitrogen and oxygen atoms in total. The second-order valence-electron chi connectivity index (χ2n) is 6.20. The molecule has 1 aliphatic rings. The van der Waals surface area contributed by atoms with Crippen LogP contribution >= 0.6 is 11.3 Å². The zero-order chi connectivity index (χ0) is 18.0. The summed E-state index contributed by atoms with van der Waals surface area (Å²) in [6, 6.07) is -0.710. The summed E-state index contributed by atoms with van der Waals surface area (Å²) in [7, 11) is 1.27. The van der Waals surface area contributed by atoms with Gasteiger partial charge in [-0.3, -0.25) is 14.2 Å². The smallest absolute Gasteiger partial charge is 0.328 e. The maximum atomic E-state index is 12.8. The molecule has 1 atom stereocenters. The minimum absolute atomic E-state index is 0.0850. The number of carbonyl (C=O) groups is 2. The maximum absolute atomic E-state index is 12.8. The lowest BCUT2D eigenvalue weighted by atomic mass is 9.97. The Morgan fingerprint density at radius 1 is 1.40 bits per heavy atom. The molecule has 1 N–H and O–H groups in total. The van der Waals surface area contributed by atoms with Crippen LogP contribution in [0.3, 0.4) is 0 Å². The van der Waals surface area contributed by atoms with Gasteiger partial charge >= 0.3 is 5.97 Å². The van der Waals surface area contributed by atoms with Crippen molar-refractivity contribution in [3.63, 3.8) is 0 Å². The highest BCUT2D eigenvalue weighted by atomic mass is 32.1. The second kappa shape index (κ2) is 7.35. The highest BCUT2D eigenvalue weighted by molar-refractivity contribution is 7.18. The molecule has 0 aromatic carbocycles. The van der Waals surface area contributed by atoms with Crippen molar-refractivity contribution in [2.45, 2.75) is 51.6 Å². The highest BCUT2D eigenvalue weighted by Crippen LogP contribution is 2.33. The third-order valence-electron chi connectivity index (χ3n) is 4.45. The van der Waals surface area contributed by atoms with E-state index in [-0.39, 0.29) is 24.4 Å². The second-order valence-corrected chi connectivity index (χ2v) is 7.28. The predicted molar refractivity (Wildman–Crippen MR) is 94.8 cm³/mol. The molecule has 2 aromatic rings.